The van der Waals surface area contributed by atoms with Crippen LogP contribution in [0.2, 0.25) is 0 Å². The quantitative estimate of drug-likeness (QED) is 0.819. The predicted molar refractivity (Wildman–Crippen MR) is 80.8 cm³/mol. The summed E-state index contributed by atoms with van der Waals surface area (Å²) in [5.74, 6) is 2.01. The standard InChI is InChI=1S/C15H20N4O/c1-4-20-15-9-14(18-11(3)19-15)17-10(2)12-6-5-7-13(16)8-12/h5-10H,4,16H2,1-3H3,(H,17,18,19). The first-order valence-electron chi connectivity index (χ1n) is 6.69. The minimum Gasteiger partial charge on any atom is -0.478 e. The summed E-state index contributed by atoms with van der Waals surface area (Å²) in [5, 5.41) is 3.34. The number of nitrogens with two attached hydrogens (primary N) is 1. The van der Waals surface area contributed by atoms with Crippen molar-refractivity contribution in [3.8, 4) is 5.88 Å². The fraction of sp³-hybridized carbons (Fsp3) is 0.333. The minimum atomic E-state index is 0.0993. The summed E-state index contributed by atoms with van der Waals surface area (Å²) in [7, 11) is 0. The van der Waals surface area contributed by atoms with E-state index in [9.17, 15) is 0 Å². The topological polar surface area (TPSA) is 73.1 Å². The van der Waals surface area contributed by atoms with Crippen LogP contribution in [0.4, 0.5) is 11.5 Å². The van der Waals surface area contributed by atoms with E-state index >= 15 is 0 Å². The van der Waals surface area contributed by atoms with Crippen LogP contribution in [0.25, 0.3) is 0 Å². The zero-order valence-corrected chi connectivity index (χ0v) is 12.1. The molecule has 1 heterocycles. The van der Waals surface area contributed by atoms with Crippen LogP contribution in [0.15, 0.2) is 30.3 Å². The Labute approximate surface area is 119 Å². The first kappa shape index (κ1) is 14.1. The lowest BCUT2D eigenvalue weighted by atomic mass is 10.1. The van der Waals surface area contributed by atoms with Gasteiger partial charge in [-0.3, -0.25) is 0 Å². The number of rotatable bonds is 5. The number of ether oxygens (including phenoxy) is 1. The molecule has 2 rings (SSSR count). The van der Waals surface area contributed by atoms with Gasteiger partial charge in [-0.25, -0.2) is 4.98 Å². The van der Waals surface area contributed by atoms with E-state index in [1.165, 1.54) is 0 Å². The lowest BCUT2D eigenvalue weighted by molar-refractivity contribution is 0.325. The maximum absolute atomic E-state index is 5.80. The molecule has 106 valence electrons. The summed E-state index contributed by atoms with van der Waals surface area (Å²) < 4.78 is 5.42. The van der Waals surface area contributed by atoms with Gasteiger partial charge in [-0.2, -0.15) is 4.98 Å². The maximum atomic E-state index is 5.80. The van der Waals surface area contributed by atoms with Crippen LogP contribution in [0, 0.1) is 6.92 Å². The lowest BCUT2D eigenvalue weighted by Crippen LogP contribution is -2.10. The second kappa shape index (κ2) is 6.23. The van der Waals surface area contributed by atoms with Gasteiger partial charge in [-0.15, -0.1) is 0 Å². The Hall–Kier alpha value is -2.30. The van der Waals surface area contributed by atoms with E-state index in [2.05, 4.69) is 22.2 Å². The maximum Gasteiger partial charge on any atom is 0.218 e. The third-order valence-electron chi connectivity index (χ3n) is 2.88. The summed E-state index contributed by atoms with van der Waals surface area (Å²) in [4.78, 5) is 8.59. The third kappa shape index (κ3) is 3.60. The van der Waals surface area contributed by atoms with Crippen LogP contribution >= 0.6 is 0 Å². The van der Waals surface area contributed by atoms with Gasteiger partial charge in [-0.1, -0.05) is 12.1 Å². The van der Waals surface area contributed by atoms with E-state index in [0.29, 0.717) is 18.3 Å². The highest BCUT2D eigenvalue weighted by Gasteiger charge is 2.08. The van der Waals surface area contributed by atoms with E-state index in [-0.39, 0.29) is 6.04 Å². The van der Waals surface area contributed by atoms with Crippen LogP contribution in [-0.4, -0.2) is 16.6 Å². The average Bonchev–Trinajstić information content (AvgIpc) is 2.38. The Kier molecular flexibility index (Phi) is 4.40. The molecule has 0 spiro atoms. The van der Waals surface area contributed by atoms with Crippen molar-refractivity contribution in [2.75, 3.05) is 17.7 Å². The van der Waals surface area contributed by atoms with Crippen molar-refractivity contribution in [2.45, 2.75) is 26.8 Å². The number of hydrogen-bond acceptors (Lipinski definition) is 5. The van der Waals surface area contributed by atoms with Crippen LogP contribution < -0.4 is 15.8 Å². The molecule has 1 aromatic heterocycles. The summed E-state index contributed by atoms with van der Waals surface area (Å²) in [5.41, 5.74) is 7.67. The van der Waals surface area contributed by atoms with Crippen LogP contribution in [0.1, 0.15) is 31.3 Å². The number of hydrogen-bond donors (Lipinski definition) is 2. The third-order valence-corrected chi connectivity index (χ3v) is 2.88. The van der Waals surface area contributed by atoms with Crippen LogP contribution in [0.5, 0.6) is 5.88 Å². The van der Waals surface area contributed by atoms with Crippen molar-refractivity contribution in [1.29, 1.82) is 0 Å². The number of nitrogens with one attached hydrogen (secondary N) is 1. The largest absolute Gasteiger partial charge is 0.478 e. The van der Waals surface area contributed by atoms with Crippen molar-refractivity contribution >= 4 is 11.5 Å². The molecule has 0 saturated heterocycles. The predicted octanol–water partition coefficient (Wildman–Crippen LogP) is 2.94. The molecule has 5 nitrogen and oxygen atoms in total. The number of benzene rings is 1. The van der Waals surface area contributed by atoms with E-state index in [4.69, 9.17) is 10.5 Å². The molecule has 0 aliphatic rings. The Morgan fingerprint density at radius 1 is 1.30 bits per heavy atom. The highest BCUT2D eigenvalue weighted by Crippen LogP contribution is 2.21. The molecule has 1 atom stereocenters. The van der Waals surface area contributed by atoms with Gasteiger partial charge in [-0.05, 0) is 38.5 Å². The highest BCUT2D eigenvalue weighted by atomic mass is 16.5. The number of aromatic nitrogens is 2. The first-order chi connectivity index (χ1) is 9.58. The fourth-order valence-corrected chi connectivity index (χ4v) is 1.97. The molecule has 0 aliphatic carbocycles. The Balaban J connectivity index is 2.16. The van der Waals surface area contributed by atoms with E-state index in [1.54, 1.807) is 6.07 Å². The lowest BCUT2D eigenvalue weighted by Gasteiger charge is -2.16. The van der Waals surface area contributed by atoms with Crippen molar-refractivity contribution in [3.63, 3.8) is 0 Å². The smallest absolute Gasteiger partial charge is 0.218 e. The van der Waals surface area contributed by atoms with Crippen LogP contribution in [-0.2, 0) is 0 Å². The number of nitrogens with zero attached hydrogens (tertiary/aromatic N) is 2. The Bertz CT molecular complexity index is 586. The second-order valence-corrected chi connectivity index (χ2v) is 4.61. The molecule has 5 heteroatoms. The van der Waals surface area contributed by atoms with Gasteiger partial charge in [0.05, 0.1) is 12.6 Å². The second-order valence-electron chi connectivity index (χ2n) is 4.61. The molecule has 0 bridgehead atoms. The molecule has 1 aromatic carbocycles. The first-order valence-corrected chi connectivity index (χ1v) is 6.69. The van der Waals surface area contributed by atoms with E-state index in [1.807, 2.05) is 38.1 Å². The molecule has 0 aliphatic heterocycles. The Morgan fingerprint density at radius 3 is 2.80 bits per heavy atom. The van der Waals surface area contributed by atoms with Crippen molar-refractivity contribution in [1.82, 2.24) is 9.97 Å². The fourth-order valence-electron chi connectivity index (χ4n) is 1.97. The van der Waals surface area contributed by atoms with Crippen molar-refractivity contribution in [3.05, 3.63) is 41.7 Å². The summed E-state index contributed by atoms with van der Waals surface area (Å²) in [6.07, 6.45) is 0. The van der Waals surface area contributed by atoms with Gasteiger partial charge >= 0.3 is 0 Å². The minimum absolute atomic E-state index is 0.0993. The molecular formula is C15H20N4O. The van der Waals surface area contributed by atoms with Gasteiger partial charge in [0.25, 0.3) is 0 Å². The Morgan fingerprint density at radius 2 is 2.10 bits per heavy atom. The normalized spacial score (nSPS) is 11.9. The number of anilines is 2. The average molecular weight is 272 g/mol. The number of aryl methyl sites for hydroxylation is 1. The SMILES string of the molecule is CCOc1cc(NC(C)c2cccc(N)c2)nc(C)n1. The molecule has 0 radical (unpaired) electrons. The zero-order valence-electron chi connectivity index (χ0n) is 12.1. The van der Waals surface area contributed by atoms with Crippen LogP contribution in [0.3, 0.4) is 0 Å². The van der Waals surface area contributed by atoms with Gasteiger partial charge in [0, 0.05) is 11.8 Å². The molecule has 0 fully saturated rings. The molecule has 1 unspecified atom stereocenters. The molecule has 0 saturated carbocycles. The van der Waals surface area contributed by atoms with Gasteiger partial charge < -0.3 is 15.8 Å². The zero-order chi connectivity index (χ0) is 14.5. The van der Waals surface area contributed by atoms with E-state index < -0.39 is 0 Å². The molecule has 2 aromatic rings. The molecule has 20 heavy (non-hydrogen) atoms. The monoisotopic (exact) mass is 272 g/mol. The summed E-state index contributed by atoms with van der Waals surface area (Å²) in [6, 6.07) is 9.71. The summed E-state index contributed by atoms with van der Waals surface area (Å²) >= 11 is 0. The molecule has 3 N–H and O–H groups in total. The highest BCUT2D eigenvalue weighted by molar-refractivity contribution is 5.45. The molecular weight excluding hydrogens is 252 g/mol. The summed E-state index contributed by atoms with van der Waals surface area (Å²) in [6.45, 7) is 6.42. The van der Waals surface area contributed by atoms with Gasteiger partial charge in [0.15, 0.2) is 0 Å². The molecule has 0 amide bonds. The van der Waals surface area contributed by atoms with Crippen molar-refractivity contribution in [2.24, 2.45) is 0 Å². The van der Waals surface area contributed by atoms with Gasteiger partial charge in [0.1, 0.15) is 11.6 Å². The number of nitrogen functional groups attached to an aromatic ring is 1. The van der Waals surface area contributed by atoms with Crippen molar-refractivity contribution < 1.29 is 4.74 Å². The van der Waals surface area contributed by atoms with Gasteiger partial charge in [0.2, 0.25) is 5.88 Å². The van der Waals surface area contributed by atoms with E-state index in [0.717, 1.165) is 17.1 Å².